The molecule has 15 heavy (non-hydrogen) atoms. The first-order valence-electron chi connectivity index (χ1n) is 5.59. The Kier molecular flexibility index (Phi) is 3.07. The van der Waals surface area contributed by atoms with Crippen LogP contribution in [0.1, 0.15) is 25.8 Å². The Bertz CT molecular complexity index is 431. The van der Waals surface area contributed by atoms with Crippen molar-refractivity contribution in [1.29, 1.82) is 0 Å². The van der Waals surface area contributed by atoms with Gasteiger partial charge in [-0.1, -0.05) is 25.1 Å². The van der Waals surface area contributed by atoms with Gasteiger partial charge in [-0.25, -0.2) is 0 Å². The summed E-state index contributed by atoms with van der Waals surface area (Å²) >= 11 is 0. The fraction of sp³-hybridized carbons (Fsp3) is 0.385. The Morgan fingerprint density at radius 3 is 2.93 bits per heavy atom. The molecular weight excluding hydrogens is 184 g/mol. The summed E-state index contributed by atoms with van der Waals surface area (Å²) < 4.78 is 0. The molecule has 0 bridgehead atoms. The van der Waals surface area contributed by atoms with E-state index in [1.54, 1.807) is 0 Å². The summed E-state index contributed by atoms with van der Waals surface area (Å²) in [5.74, 6) is 0. The monoisotopic (exact) mass is 202 g/mol. The normalized spacial score (nSPS) is 13.2. The van der Waals surface area contributed by atoms with Crippen molar-refractivity contribution in [2.45, 2.75) is 32.9 Å². The minimum absolute atomic E-state index is 0.582. The van der Waals surface area contributed by atoms with E-state index in [-0.39, 0.29) is 0 Å². The first kappa shape index (κ1) is 10.2. The van der Waals surface area contributed by atoms with Gasteiger partial charge in [0.15, 0.2) is 0 Å². The highest BCUT2D eigenvalue weighted by Crippen LogP contribution is 2.17. The third-order valence-electron chi connectivity index (χ3n) is 2.93. The zero-order valence-corrected chi connectivity index (χ0v) is 9.38. The molecule has 0 radical (unpaired) electrons. The molecule has 1 aromatic heterocycles. The quantitative estimate of drug-likeness (QED) is 0.783. The summed E-state index contributed by atoms with van der Waals surface area (Å²) in [4.78, 5) is 3.29. The maximum Gasteiger partial charge on any atom is 0.0457 e. The van der Waals surface area contributed by atoms with Crippen LogP contribution in [0.4, 0.5) is 0 Å². The zero-order chi connectivity index (χ0) is 10.7. The van der Waals surface area contributed by atoms with Crippen molar-refractivity contribution < 1.29 is 0 Å². The summed E-state index contributed by atoms with van der Waals surface area (Å²) in [6.07, 6.45) is 3.27. The zero-order valence-electron chi connectivity index (χ0n) is 9.38. The second kappa shape index (κ2) is 4.49. The second-order valence-electron chi connectivity index (χ2n) is 4.05. The number of rotatable bonds is 4. The standard InChI is InChI=1S/C13H18N2/c1-3-10(2)14-8-11-9-15-13-7-5-4-6-12(11)13/h4-7,9-10,14-15H,3,8H2,1-2H3/t10-/m0/s1. The average molecular weight is 202 g/mol. The molecule has 1 atom stereocenters. The van der Waals surface area contributed by atoms with E-state index < -0.39 is 0 Å². The summed E-state index contributed by atoms with van der Waals surface area (Å²) in [6, 6.07) is 9.01. The lowest BCUT2D eigenvalue weighted by molar-refractivity contribution is 0.535. The maximum absolute atomic E-state index is 3.51. The van der Waals surface area contributed by atoms with E-state index in [1.807, 2.05) is 0 Å². The lowest BCUT2D eigenvalue weighted by atomic mass is 10.1. The first-order chi connectivity index (χ1) is 7.31. The largest absolute Gasteiger partial charge is 0.361 e. The third kappa shape index (κ3) is 2.21. The van der Waals surface area contributed by atoms with E-state index in [4.69, 9.17) is 0 Å². The predicted octanol–water partition coefficient (Wildman–Crippen LogP) is 3.06. The highest BCUT2D eigenvalue weighted by atomic mass is 14.9. The molecule has 0 saturated heterocycles. The molecular formula is C13H18N2. The number of para-hydroxylation sites is 1. The number of fused-ring (bicyclic) bond motifs is 1. The topological polar surface area (TPSA) is 27.8 Å². The number of nitrogens with one attached hydrogen (secondary N) is 2. The number of hydrogen-bond donors (Lipinski definition) is 2. The van der Waals surface area contributed by atoms with Gasteiger partial charge in [-0.3, -0.25) is 0 Å². The van der Waals surface area contributed by atoms with Crippen molar-refractivity contribution in [3.63, 3.8) is 0 Å². The lowest BCUT2D eigenvalue weighted by Gasteiger charge is -2.10. The number of hydrogen-bond acceptors (Lipinski definition) is 1. The molecule has 0 spiro atoms. The molecule has 0 saturated carbocycles. The van der Waals surface area contributed by atoms with E-state index in [0.29, 0.717) is 6.04 Å². The van der Waals surface area contributed by atoms with Crippen molar-refractivity contribution in [1.82, 2.24) is 10.3 Å². The number of H-pyrrole nitrogens is 1. The van der Waals surface area contributed by atoms with Crippen LogP contribution < -0.4 is 5.32 Å². The van der Waals surface area contributed by atoms with Gasteiger partial charge in [-0.05, 0) is 25.0 Å². The number of aromatic amines is 1. The molecule has 2 rings (SSSR count). The minimum atomic E-state index is 0.582. The van der Waals surface area contributed by atoms with Crippen molar-refractivity contribution in [3.05, 3.63) is 36.0 Å². The van der Waals surface area contributed by atoms with Gasteiger partial charge >= 0.3 is 0 Å². The smallest absolute Gasteiger partial charge is 0.0457 e. The van der Waals surface area contributed by atoms with Gasteiger partial charge in [0, 0.05) is 29.7 Å². The van der Waals surface area contributed by atoms with Crippen molar-refractivity contribution in [3.8, 4) is 0 Å². The Morgan fingerprint density at radius 1 is 1.33 bits per heavy atom. The van der Waals surface area contributed by atoms with Gasteiger partial charge < -0.3 is 10.3 Å². The summed E-state index contributed by atoms with van der Waals surface area (Å²) in [7, 11) is 0. The molecule has 0 aliphatic heterocycles. The molecule has 0 fully saturated rings. The second-order valence-corrected chi connectivity index (χ2v) is 4.05. The number of benzene rings is 1. The first-order valence-corrected chi connectivity index (χ1v) is 5.59. The Hall–Kier alpha value is -1.28. The molecule has 80 valence electrons. The van der Waals surface area contributed by atoms with Gasteiger partial charge in [0.05, 0.1) is 0 Å². The molecule has 0 amide bonds. The van der Waals surface area contributed by atoms with E-state index in [0.717, 1.165) is 6.54 Å². The Labute approximate surface area is 90.7 Å². The van der Waals surface area contributed by atoms with E-state index in [1.165, 1.54) is 22.9 Å². The molecule has 2 N–H and O–H groups in total. The predicted molar refractivity (Wildman–Crippen MR) is 64.9 cm³/mol. The van der Waals surface area contributed by atoms with Crippen molar-refractivity contribution in [2.75, 3.05) is 0 Å². The Balaban J connectivity index is 2.14. The maximum atomic E-state index is 3.51. The highest BCUT2D eigenvalue weighted by molar-refractivity contribution is 5.82. The van der Waals surface area contributed by atoms with Crippen molar-refractivity contribution in [2.24, 2.45) is 0 Å². The van der Waals surface area contributed by atoms with Gasteiger partial charge in [0.25, 0.3) is 0 Å². The van der Waals surface area contributed by atoms with Gasteiger partial charge in [-0.15, -0.1) is 0 Å². The molecule has 2 aromatic rings. The molecule has 1 aromatic carbocycles. The summed E-state index contributed by atoms with van der Waals surface area (Å²) in [5.41, 5.74) is 2.57. The van der Waals surface area contributed by atoms with Crippen LogP contribution in [0.25, 0.3) is 10.9 Å². The number of aromatic nitrogens is 1. The van der Waals surface area contributed by atoms with Crippen LogP contribution in [0.2, 0.25) is 0 Å². The van der Waals surface area contributed by atoms with Crippen molar-refractivity contribution >= 4 is 10.9 Å². The van der Waals surface area contributed by atoms with E-state index in [9.17, 15) is 0 Å². The lowest BCUT2D eigenvalue weighted by Crippen LogP contribution is -2.24. The Morgan fingerprint density at radius 2 is 2.13 bits per heavy atom. The minimum Gasteiger partial charge on any atom is -0.361 e. The summed E-state index contributed by atoms with van der Waals surface area (Å²) in [5, 5.41) is 4.83. The van der Waals surface area contributed by atoms with Crippen LogP contribution in [0.3, 0.4) is 0 Å². The van der Waals surface area contributed by atoms with Crippen LogP contribution in [0.15, 0.2) is 30.5 Å². The van der Waals surface area contributed by atoms with Gasteiger partial charge in [0.2, 0.25) is 0 Å². The SMILES string of the molecule is CC[C@H](C)NCc1c[nH]c2ccccc12. The molecule has 2 nitrogen and oxygen atoms in total. The molecule has 2 heteroatoms. The van der Waals surface area contributed by atoms with Crippen LogP contribution in [-0.4, -0.2) is 11.0 Å². The van der Waals surface area contributed by atoms with E-state index >= 15 is 0 Å². The third-order valence-corrected chi connectivity index (χ3v) is 2.93. The van der Waals surface area contributed by atoms with Gasteiger partial charge in [-0.2, -0.15) is 0 Å². The van der Waals surface area contributed by atoms with Crippen LogP contribution >= 0.6 is 0 Å². The van der Waals surface area contributed by atoms with Gasteiger partial charge in [0.1, 0.15) is 0 Å². The molecule has 0 aliphatic carbocycles. The van der Waals surface area contributed by atoms with Crippen LogP contribution in [-0.2, 0) is 6.54 Å². The summed E-state index contributed by atoms with van der Waals surface area (Å²) in [6.45, 7) is 5.36. The van der Waals surface area contributed by atoms with Crippen LogP contribution in [0, 0.1) is 0 Å². The van der Waals surface area contributed by atoms with Crippen LogP contribution in [0.5, 0.6) is 0 Å². The van der Waals surface area contributed by atoms with E-state index in [2.05, 4.69) is 54.6 Å². The fourth-order valence-corrected chi connectivity index (χ4v) is 1.71. The molecule has 1 heterocycles. The molecule has 0 aliphatic rings. The average Bonchev–Trinajstić information content (AvgIpc) is 2.69. The highest BCUT2D eigenvalue weighted by Gasteiger charge is 2.03. The fourth-order valence-electron chi connectivity index (χ4n) is 1.71. The molecule has 0 unspecified atom stereocenters.